The third-order valence-corrected chi connectivity index (χ3v) is 5.80. The molecule has 2 rings (SSSR count). The second-order valence-electron chi connectivity index (χ2n) is 5.09. The van der Waals surface area contributed by atoms with Crippen LogP contribution in [0.4, 0.5) is 5.69 Å². The van der Waals surface area contributed by atoms with E-state index < -0.39 is 15.4 Å². The number of nitrogens with one attached hydrogen (secondary N) is 1. The average Bonchev–Trinajstić information content (AvgIpc) is 2.56. The maximum Gasteiger partial charge on any atom is 0.251 e. The summed E-state index contributed by atoms with van der Waals surface area (Å²) in [5.74, 6) is -0.205. The van der Waals surface area contributed by atoms with Crippen LogP contribution in [0.1, 0.15) is 23.7 Å². The van der Waals surface area contributed by atoms with E-state index in [-0.39, 0.29) is 17.4 Å². The first-order chi connectivity index (χ1) is 8.71. The summed E-state index contributed by atoms with van der Waals surface area (Å²) in [6, 6.07) is 4.90. The summed E-state index contributed by atoms with van der Waals surface area (Å²) >= 11 is 3.26. The van der Waals surface area contributed by atoms with Crippen molar-refractivity contribution in [2.24, 2.45) is 0 Å². The lowest BCUT2D eigenvalue weighted by atomic mass is 10.0. The number of halogens is 1. The van der Waals surface area contributed by atoms with Crippen LogP contribution in [0.3, 0.4) is 0 Å². The second-order valence-corrected chi connectivity index (χ2v) is 8.13. The van der Waals surface area contributed by atoms with Crippen molar-refractivity contribution in [1.29, 1.82) is 0 Å². The van der Waals surface area contributed by atoms with Crippen LogP contribution in [0.25, 0.3) is 0 Å². The fourth-order valence-corrected chi connectivity index (χ4v) is 4.48. The molecule has 0 aromatic heterocycles. The fraction of sp³-hybridized carbons (Fsp3) is 0.417. The normalized spacial score (nSPS) is 25.2. The standard InChI is InChI=1S/C12H15BrN2O3S/c1-12(4-5-19(17,18)7-12)15-11(16)8-2-3-9(13)10(14)6-8/h2-3,6H,4-5,7,14H2,1H3,(H,15,16). The molecular weight excluding hydrogens is 332 g/mol. The molecular formula is C12H15BrN2O3S. The Labute approximate surface area is 120 Å². The Morgan fingerprint density at radius 3 is 2.68 bits per heavy atom. The zero-order valence-electron chi connectivity index (χ0n) is 10.4. The van der Waals surface area contributed by atoms with Crippen LogP contribution >= 0.6 is 15.9 Å². The van der Waals surface area contributed by atoms with Gasteiger partial charge in [0.2, 0.25) is 0 Å². The number of sulfone groups is 1. The quantitative estimate of drug-likeness (QED) is 0.790. The van der Waals surface area contributed by atoms with E-state index in [1.807, 2.05) is 0 Å². The molecule has 1 aromatic carbocycles. The van der Waals surface area contributed by atoms with Crippen LogP contribution in [-0.2, 0) is 9.84 Å². The van der Waals surface area contributed by atoms with Gasteiger partial charge in [-0.3, -0.25) is 4.79 Å². The summed E-state index contributed by atoms with van der Waals surface area (Å²) in [6.07, 6.45) is 0.438. The lowest BCUT2D eigenvalue weighted by Crippen LogP contribution is -2.46. The summed E-state index contributed by atoms with van der Waals surface area (Å²) in [6.45, 7) is 1.75. The Bertz CT molecular complexity index is 630. The monoisotopic (exact) mass is 346 g/mol. The van der Waals surface area contributed by atoms with E-state index in [4.69, 9.17) is 5.73 Å². The molecule has 0 saturated carbocycles. The Kier molecular flexibility index (Phi) is 3.61. The highest BCUT2D eigenvalue weighted by atomic mass is 79.9. The Balaban J connectivity index is 2.15. The first-order valence-electron chi connectivity index (χ1n) is 5.79. The lowest BCUT2D eigenvalue weighted by Gasteiger charge is -2.24. The van der Waals surface area contributed by atoms with Gasteiger partial charge in [0.25, 0.3) is 5.91 Å². The van der Waals surface area contributed by atoms with Crippen molar-refractivity contribution in [3.8, 4) is 0 Å². The molecule has 5 nitrogen and oxygen atoms in total. The minimum Gasteiger partial charge on any atom is -0.398 e. The van der Waals surface area contributed by atoms with E-state index in [1.54, 1.807) is 25.1 Å². The molecule has 1 saturated heterocycles. The third-order valence-electron chi connectivity index (χ3n) is 3.18. The number of hydrogen-bond acceptors (Lipinski definition) is 4. The molecule has 3 N–H and O–H groups in total. The highest BCUT2D eigenvalue weighted by molar-refractivity contribution is 9.10. The van der Waals surface area contributed by atoms with E-state index in [1.165, 1.54) is 0 Å². The molecule has 0 aliphatic carbocycles. The van der Waals surface area contributed by atoms with E-state index in [0.717, 1.165) is 4.47 Å². The summed E-state index contributed by atoms with van der Waals surface area (Å²) in [5.41, 5.74) is 5.91. The molecule has 0 radical (unpaired) electrons. The number of benzene rings is 1. The van der Waals surface area contributed by atoms with Crippen LogP contribution in [0.15, 0.2) is 22.7 Å². The van der Waals surface area contributed by atoms with Gasteiger partial charge in [-0.25, -0.2) is 8.42 Å². The van der Waals surface area contributed by atoms with E-state index >= 15 is 0 Å². The molecule has 104 valence electrons. The van der Waals surface area contributed by atoms with Crippen molar-refractivity contribution < 1.29 is 13.2 Å². The number of nitrogen functional groups attached to an aromatic ring is 1. The number of nitrogens with two attached hydrogens (primary N) is 1. The first kappa shape index (κ1) is 14.3. The number of amides is 1. The Hall–Kier alpha value is -1.08. The molecule has 1 fully saturated rings. The van der Waals surface area contributed by atoms with Gasteiger partial charge in [0.1, 0.15) is 0 Å². The highest BCUT2D eigenvalue weighted by Gasteiger charge is 2.39. The summed E-state index contributed by atoms with van der Waals surface area (Å²) in [4.78, 5) is 12.1. The number of anilines is 1. The number of hydrogen-bond donors (Lipinski definition) is 2. The minimum absolute atomic E-state index is 0.0161. The van der Waals surface area contributed by atoms with Gasteiger partial charge >= 0.3 is 0 Å². The zero-order valence-corrected chi connectivity index (χ0v) is 12.8. The van der Waals surface area contributed by atoms with E-state index in [0.29, 0.717) is 17.7 Å². The van der Waals surface area contributed by atoms with Crippen molar-refractivity contribution in [3.63, 3.8) is 0 Å². The topological polar surface area (TPSA) is 89.3 Å². The van der Waals surface area contributed by atoms with Crippen LogP contribution < -0.4 is 11.1 Å². The third kappa shape index (κ3) is 3.27. The largest absolute Gasteiger partial charge is 0.398 e. The van der Waals surface area contributed by atoms with Gasteiger partial charge in [-0.1, -0.05) is 0 Å². The second kappa shape index (κ2) is 4.79. The van der Waals surface area contributed by atoms with Crippen molar-refractivity contribution in [2.75, 3.05) is 17.2 Å². The van der Waals surface area contributed by atoms with E-state index in [2.05, 4.69) is 21.2 Å². The molecule has 1 aliphatic rings. The SMILES string of the molecule is CC1(NC(=O)c2ccc(Br)c(N)c2)CCS(=O)(=O)C1. The van der Waals surface area contributed by atoms with Gasteiger partial charge in [-0.05, 0) is 47.5 Å². The summed E-state index contributed by atoms with van der Waals surface area (Å²) in [5, 5.41) is 2.78. The molecule has 1 unspecified atom stereocenters. The number of rotatable bonds is 2. The summed E-state index contributed by atoms with van der Waals surface area (Å²) < 4.78 is 23.7. The van der Waals surface area contributed by atoms with Gasteiger partial charge in [-0.2, -0.15) is 0 Å². The van der Waals surface area contributed by atoms with Gasteiger partial charge in [0.05, 0.1) is 17.0 Å². The molecule has 1 aliphatic heterocycles. The van der Waals surface area contributed by atoms with Crippen molar-refractivity contribution in [2.45, 2.75) is 18.9 Å². The molecule has 19 heavy (non-hydrogen) atoms. The molecule has 1 aromatic rings. The maximum absolute atomic E-state index is 12.1. The number of carbonyl (C=O) groups is 1. The van der Waals surface area contributed by atoms with Crippen LogP contribution in [0.2, 0.25) is 0 Å². The average molecular weight is 347 g/mol. The summed E-state index contributed by atoms with van der Waals surface area (Å²) in [7, 11) is -3.04. The van der Waals surface area contributed by atoms with Gasteiger partial charge < -0.3 is 11.1 Å². The smallest absolute Gasteiger partial charge is 0.251 e. The van der Waals surface area contributed by atoms with Crippen molar-refractivity contribution in [1.82, 2.24) is 5.32 Å². The van der Waals surface area contributed by atoms with E-state index in [9.17, 15) is 13.2 Å². The van der Waals surface area contributed by atoms with Crippen molar-refractivity contribution in [3.05, 3.63) is 28.2 Å². The van der Waals surface area contributed by atoms with Gasteiger partial charge in [0, 0.05) is 15.7 Å². The Morgan fingerprint density at radius 2 is 2.16 bits per heavy atom. The van der Waals surface area contributed by atoms with Gasteiger partial charge in [-0.15, -0.1) is 0 Å². The molecule has 1 heterocycles. The first-order valence-corrected chi connectivity index (χ1v) is 8.40. The van der Waals surface area contributed by atoms with Crippen molar-refractivity contribution >= 4 is 37.4 Å². The van der Waals surface area contributed by atoms with Crippen LogP contribution in [0, 0.1) is 0 Å². The lowest BCUT2D eigenvalue weighted by molar-refractivity contribution is 0.0915. The maximum atomic E-state index is 12.1. The minimum atomic E-state index is -3.04. The Morgan fingerprint density at radius 1 is 1.47 bits per heavy atom. The predicted molar refractivity (Wildman–Crippen MR) is 77.7 cm³/mol. The fourth-order valence-electron chi connectivity index (χ4n) is 2.14. The number of carbonyl (C=O) groups excluding carboxylic acids is 1. The molecule has 0 spiro atoms. The molecule has 7 heteroatoms. The molecule has 0 bridgehead atoms. The molecule has 1 atom stereocenters. The highest BCUT2D eigenvalue weighted by Crippen LogP contribution is 2.24. The van der Waals surface area contributed by atoms with Crippen LogP contribution in [0.5, 0.6) is 0 Å². The molecule has 1 amide bonds. The van der Waals surface area contributed by atoms with Gasteiger partial charge in [0.15, 0.2) is 9.84 Å². The predicted octanol–water partition coefficient (Wildman–Crippen LogP) is 1.34. The zero-order chi connectivity index (χ0) is 14.3. The van der Waals surface area contributed by atoms with Crippen LogP contribution in [-0.4, -0.2) is 31.4 Å².